The third-order valence-corrected chi connectivity index (χ3v) is 5.41. The van der Waals surface area contributed by atoms with Gasteiger partial charge >= 0.3 is 12.1 Å². The van der Waals surface area contributed by atoms with Crippen molar-refractivity contribution in [3.8, 4) is 0 Å². The fraction of sp³-hybridized carbons (Fsp3) is 0.188. The summed E-state index contributed by atoms with van der Waals surface area (Å²) in [7, 11) is -3.81. The third-order valence-electron chi connectivity index (χ3n) is 3.59. The molecule has 8 nitrogen and oxygen atoms in total. The van der Waals surface area contributed by atoms with Crippen LogP contribution in [0.15, 0.2) is 53.4 Å². The lowest BCUT2D eigenvalue weighted by molar-refractivity contribution is -0.387. The number of hydrogen-bond acceptors (Lipinski definition) is 6. The van der Waals surface area contributed by atoms with E-state index in [0.29, 0.717) is 10.4 Å². The minimum atomic E-state index is -4.77. The quantitative estimate of drug-likeness (QED) is 0.406. The molecule has 0 radical (unpaired) electrons. The van der Waals surface area contributed by atoms with Gasteiger partial charge < -0.3 is 4.74 Å². The van der Waals surface area contributed by atoms with Gasteiger partial charge in [0.1, 0.15) is 6.54 Å². The SMILES string of the molecule is COC(=O)CN(c1cccc(C(F)(F)F)c1)S(=O)(=O)c1ccccc1[N+](=O)[O-]. The fourth-order valence-electron chi connectivity index (χ4n) is 2.28. The summed E-state index contributed by atoms with van der Waals surface area (Å²) in [6.45, 7) is -0.980. The van der Waals surface area contributed by atoms with Gasteiger partial charge in [-0.25, -0.2) is 8.42 Å². The molecule has 0 saturated heterocycles. The van der Waals surface area contributed by atoms with Crippen LogP contribution in [0, 0.1) is 10.1 Å². The van der Waals surface area contributed by atoms with E-state index in [4.69, 9.17) is 0 Å². The molecule has 0 bridgehead atoms. The summed E-state index contributed by atoms with van der Waals surface area (Å²) >= 11 is 0. The zero-order chi connectivity index (χ0) is 21.1. The number of ether oxygens (including phenoxy) is 1. The van der Waals surface area contributed by atoms with Gasteiger partial charge in [-0.2, -0.15) is 13.2 Å². The van der Waals surface area contributed by atoms with E-state index in [2.05, 4.69) is 4.74 Å². The van der Waals surface area contributed by atoms with Crippen molar-refractivity contribution in [2.24, 2.45) is 0 Å². The van der Waals surface area contributed by atoms with Crippen LogP contribution in [-0.4, -0.2) is 33.0 Å². The molecule has 0 spiro atoms. The number of sulfonamides is 1. The van der Waals surface area contributed by atoms with Crippen molar-refractivity contribution in [3.63, 3.8) is 0 Å². The molecule has 2 aromatic carbocycles. The molecule has 0 aliphatic heterocycles. The van der Waals surface area contributed by atoms with E-state index in [1.807, 2.05) is 0 Å². The Kier molecular flexibility index (Phi) is 5.92. The van der Waals surface area contributed by atoms with Crippen LogP contribution < -0.4 is 4.31 Å². The molecule has 0 unspecified atom stereocenters. The molecule has 0 atom stereocenters. The smallest absolute Gasteiger partial charge is 0.416 e. The van der Waals surface area contributed by atoms with E-state index in [0.717, 1.165) is 37.4 Å². The largest absolute Gasteiger partial charge is 0.468 e. The highest BCUT2D eigenvalue weighted by atomic mass is 32.2. The van der Waals surface area contributed by atoms with E-state index in [1.165, 1.54) is 12.1 Å². The van der Waals surface area contributed by atoms with Gasteiger partial charge in [-0.15, -0.1) is 0 Å². The molecule has 0 amide bonds. The Hall–Kier alpha value is -3.15. The Balaban J connectivity index is 2.68. The van der Waals surface area contributed by atoms with Crippen LogP contribution in [0.5, 0.6) is 0 Å². The van der Waals surface area contributed by atoms with E-state index >= 15 is 0 Å². The molecule has 0 N–H and O–H groups in total. The molecular weight excluding hydrogens is 405 g/mol. The van der Waals surface area contributed by atoms with E-state index in [9.17, 15) is 36.5 Å². The highest BCUT2D eigenvalue weighted by molar-refractivity contribution is 7.93. The van der Waals surface area contributed by atoms with Crippen molar-refractivity contribution in [3.05, 3.63) is 64.2 Å². The maximum absolute atomic E-state index is 13.0. The number of hydrogen-bond donors (Lipinski definition) is 0. The molecule has 28 heavy (non-hydrogen) atoms. The number of carbonyl (C=O) groups is 1. The Bertz CT molecular complexity index is 1010. The molecule has 0 aromatic heterocycles. The predicted octanol–water partition coefficient (Wildman–Crippen LogP) is 2.98. The summed E-state index contributed by atoms with van der Waals surface area (Å²) in [4.78, 5) is 21.1. The first-order valence-corrected chi connectivity index (χ1v) is 8.92. The number of esters is 1. The van der Waals surface area contributed by atoms with Gasteiger partial charge in [0.2, 0.25) is 0 Å². The highest BCUT2D eigenvalue weighted by Crippen LogP contribution is 2.34. The Morgan fingerprint density at radius 1 is 1.18 bits per heavy atom. The summed E-state index contributed by atoms with van der Waals surface area (Å²) in [6.07, 6.45) is -4.77. The fourth-order valence-corrected chi connectivity index (χ4v) is 3.84. The lowest BCUT2D eigenvalue weighted by Gasteiger charge is -2.24. The van der Waals surface area contributed by atoms with Crippen molar-refractivity contribution in [2.75, 3.05) is 18.0 Å². The summed E-state index contributed by atoms with van der Waals surface area (Å²) in [5, 5.41) is 11.2. The minimum Gasteiger partial charge on any atom is -0.468 e. The van der Waals surface area contributed by atoms with Crippen LogP contribution in [-0.2, 0) is 25.7 Å². The zero-order valence-electron chi connectivity index (χ0n) is 14.2. The van der Waals surface area contributed by atoms with Gasteiger partial charge in [0.15, 0.2) is 4.90 Å². The van der Waals surface area contributed by atoms with Crippen LogP contribution in [0.3, 0.4) is 0 Å². The molecule has 0 aliphatic rings. The molecule has 0 heterocycles. The number of nitro benzene ring substituents is 1. The van der Waals surface area contributed by atoms with Crippen molar-refractivity contribution in [1.29, 1.82) is 0 Å². The topological polar surface area (TPSA) is 107 Å². The Morgan fingerprint density at radius 3 is 2.39 bits per heavy atom. The predicted molar refractivity (Wildman–Crippen MR) is 91.1 cm³/mol. The Morgan fingerprint density at radius 2 is 1.82 bits per heavy atom. The second-order valence-corrected chi connectivity index (χ2v) is 7.19. The highest BCUT2D eigenvalue weighted by Gasteiger charge is 2.35. The van der Waals surface area contributed by atoms with Crippen molar-refractivity contribution in [1.82, 2.24) is 0 Å². The van der Waals surface area contributed by atoms with Gasteiger partial charge in [-0.3, -0.25) is 19.2 Å². The second kappa shape index (κ2) is 7.84. The van der Waals surface area contributed by atoms with Gasteiger partial charge in [-0.1, -0.05) is 18.2 Å². The number of benzene rings is 2. The standard InChI is InChI=1S/C16H13F3N2O6S/c1-27-15(22)10-20(12-6-4-5-11(9-12)16(17,18)19)28(25,26)14-8-3-2-7-13(14)21(23)24/h2-9H,10H2,1H3. The molecule has 150 valence electrons. The van der Waals surface area contributed by atoms with Crippen LogP contribution in [0.2, 0.25) is 0 Å². The molecule has 0 saturated carbocycles. The number of nitrogens with zero attached hydrogens (tertiary/aromatic N) is 2. The van der Waals surface area contributed by atoms with Crippen molar-refractivity contribution < 1.29 is 36.0 Å². The van der Waals surface area contributed by atoms with E-state index in [-0.39, 0.29) is 0 Å². The summed E-state index contributed by atoms with van der Waals surface area (Å²) in [5.41, 5.74) is -2.44. The first kappa shape index (κ1) is 21.2. The Labute approximate surface area is 157 Å². The average molecular weight is 418 g/mol. The number of rotatable bonds is 6. The lowest BCUT2D eigenvalue weighted by atomic mass is 10.2. The number of para-hydroxylation sites is 1. The molecule has 2 aromatic rings. The van der Waals surface area contributed by atoms with Crippen molar-refractivity contribution >= 4 is 27.4 Å². The van der Waals surface area contributed by atoms with E-state index < -0.39 is 55.5 Å². The summed E-state index contributed by atoms with van der Waals surface area (Å²) < 4.78 is 69.7. The average Bonchev–Trinajstić information content (AvgIpc) is 2.65. The van der Waals surface area contributed by atoms with E-state index in [1.54, 1.807) is 0 Å². The molecule has 0 fully saturated rings. The van der Waals surface area contributed by atoms with Crippen LogP contribution in [0.1, 0.15) is 5.56 Å². The molecule has 12 heteroatoms. The minimum absolute atomic E-state index is 0.330. The summed E-state index contributed by atoms with van der Waals surface area (Å²) in [6, 6.07) is 7.52. The number of carbonyl (C=O) groups excluding carboxylic acids is 1. The number of nitro groups is 1. The van der Waals surface area contributed by atoms with Gasteiger partial charge in [0, 0.05) is 6.07 Å². The number of halogens is 3. The monoisotopic (exact) mass is 418 g/mol. The molecule has 0 aliphatic carbocycles. The molecule has 2 rings (SSSR count). The maximum atomic E-state index is 13.0. The van der Waals surface area contributed by atoms with Gasteiger partial charge in [0.05, 0.1) is 23.3 Å². The van der Waals surface area contributed by atoms with Crippen LogP contribution in [0.4, 0.5) is 24.5 Å². The number of anilines is 1. The van der Waals surface area contributed by atoms with Crippen molar-refractivity contribution in [2.45, 2.75) is 11.1 Å². The number of methoxy groups -OCH3 is 1. The lowest BCUT2D eigenvalue weighted by Crippen LogP contribution is -2.36. The number of alkyl halides is 3. The maximum Gasteiger partial charge on any atom is 0.416 e. The van der Waals surface area contributed by atoms with Gasteiger partial charge in [-0.05, 0) is 24.3 Å². The van der Waals surface area contributed by atoms with Gasteiger partial charge in [0.25, 0.3) is 15.7 Å². The molecular formula is C16H13F3N2O6S. The third kappa shape index (κ3) is 4.39. The van der Waals surface area contributed by atoms with Crippen LogP contribution in [0.25, 0.3) is 0 Å². The first-order valence-electron chi connectivity index (χ1n) is 7.48. The zero-order valence-corrected chi connectivity index (χ0v) is 15.0. The second-order valence-electron chi connectivity index (χ2n) is 5.36. The first-order chi connectivity index (χ1) is 13.0. The normalized spacial score (nSPS) is 11.7. The van der Waals surface area contributed by atoms with Crippen LogP contribution >= 0.6 is 0 Å². The summed E-state index contributed by atoms with van der Waals surface area (Å²) in [5.74, 6) is -1.07.